The van der Waals surface area contributed by atoms with E-state index in [4.69, 9.17) is 15.2 Å². The number of halogens is 1. The third kappa shape index (κ3) is 4.48. The summed E-state index contributed by atoms with van der Waals surface area (Å²) in [6.07, 6.45) is 0.466. The number of aromatic nitrogens is 1. The first-order chi connectivity index (χ1) is 14.2. The van der Waals surface area contributed by atoms with Crippen molar-refractivity contribution in [3.8, 4) is 11.5 Å². The highest BCUT2D eigenvalue weighted by Gasteiger charge is 2.18. The number of rotatable bonds is 7. The number of hydrogen-bond acceptors (Lipinski definition) is 5. The van der Waals surface area contributed by atoms with Gasteiger partial charge in [-0.25, -0.2) is 17.5 Å². The highest BCUT2D eigenvalue weighted by Crippen LogP contribution is 2.29. The van der Waals surface area contributed by atoms with Crippen LogP contribution in [-0.2, 0) is 16.4 Å². The largest absolute Gasteiger partial charge is 0.493 e. The van der Waals surface area contributed by atoms with Crippen LogP contribution >= 0.6 is 0 Å². The molecule has 0 aliphatic rings. The fourth-order valence-corrected chi connectivity index (χ4v) is 4.14. The Balaban J connectivity index is 1.72. The minimum Gasteiger partial charge on any atom is -0.493 e. The van der Waals surface area contributed by atoms with Crippen molar-refractivity contribution in [3.63, 3.8) is 0 Å². The second kappa shape index (κ2) is 8.62. The van der Waals surface area contributed by atoms with Crippen LogP contribution in [0.15, 0.2) is 46.3 Å². The molecule has 0 aliphatic heterocycles. The number of H-pyrrole nitrogens is 1. The first-order valence-corrected chi connectivity index (χ1v) is 10.5. The van der Waals surface area contributed by atoms with Gasteiger partial charge in [-0.1, -0.05) is 0 Å². The molecule has 1 aromatic heterocycles. The van der Waals surface area contributed by atoms with E-state index in [1.807, 2.05) is 6.92 Å². The molecule has 4 N–H and O–H groups in total. The summed E-state index contributed by atoms with van der Waals surface area (Å²) in [5, 5.41) is 0.771. The van der Waals surface area contributed by atoms with E-state index in [2.05, 4.69) is 14.7 Å². The number of nitrogens with two attached hydrogens (primary N) is 1. The average Bonchev–Trinajstić information content (AvgIpc) is 3.01. The molecule has 0 atom stereocenters. The van der Waals surface area contributed by atoms with E-state index in [1.54, 1.807) is 6.07 Å². The fraction of sp³-hybridized carbons (Fsp3) is 0.250. The molecule has 0 bridgehead atoms. The fourth-order valence-electron chi connectivity index (χ4n) is 3.18. The van der Waals surface area contributed by atoms with Crippen LogP contribution in [0.25, 0.3) is 10.9 Å². The van der Waals surface area contributed by atoms with Gasteiger partial charge in [0.2, 0.25) is 5.96 Å². The summed E-state index contributed by atoms with van der Waals surface area (Å²) in [6.45, 7) is 2.12. The lowest BCUT2D eigenvalue weighted by molar-refractivity contribution is 0.354. The van der Waals surface area contributed by atoms with E-state index < -0.39 is 10.0 Å². The normalized spacial score (nSPS) is 12.2. The van der Waals surface area contributed by atoms with Crippen LogP contribution in [0.2, 0.25) is 0 Å². The molecule has 0 fully saturated rings. The number of nitrogens with one attached hydrogen (secondary N) is 2. The molecule has 10 heteroatoms. The maximum Gasteiger partial charge on any atom is 0.264 e. The van der Waals surface area contributed by atoms with Crippen LogP contribution in [0, 0.1) is 12.7 Å². The van der Waals surface area contributed by atoms with Crippen molar-refractivity contribution in [1.82, 2.24) is 9.71 Å². The molecule has 0 radical (unpaired) electrons. The number of aromatic amines is 1. The van der Waals surface area contributed by atoms with Gasteiger partial charge >= 0.3 is 0 Å². The third-order valence-electron chi connectivity index (χ3n) is 4.63. The highest BCUT2D eigenvalue weighted by atomic mass is 32.2. The van der Waals surface area contributed by atoms with Crippen LogP contribution < -0.4 is 19.9 Å². The van der Waals surface area contributed by atoms with Crippen molar-refractivity contribution in [2.24, 2.45) is 10.7 Å². The number of sulfonamides is 1. The number of fused-ring (bicyclic) bond motifs is 1. The summed E-state index contributed by atoms with van der Waals surface area (Å²) in [5.74, 6) is 0.114. The highest BCUT2D eigenvalue weighted by molar-refractivity contribution is 7.90. The van der Waals surface area contributed by atoms with Crippen LogP contribution in [-0.4, -0.2) is 40.1 Å². The van der Waals surface area contributed by atoms with Gasteiger partial charge in [-0.3, -0.25) is 4.99 Å². The number of aryl methyl sites for hydroxylation is 1. The van der Waals surface area contributed by atoms with Crippen molar-refractivity contribution in [1.29, 1.82) is 0 Å². The predicted octanol–water partition coefficient (Wildman–Crippen LogP) is 2.47. The first kappa shape index (κ1) is 21.4. The van der Waals surface area contributed by atoms with Crippen LogP contribution in [0.1, 0.15) is 11.3 Å². The van der Waals surface area contributed by atoms with Crippen molar-refractivity contribution >= 4 is 26.9 Å². The Morgan fingerprint density at radius 3 is 2.60 bits per heavy atom. The molecular formula is C20H23FN4O4S. The minimum atomic E-state index is -3.95. The molecule has 0 spiro atoms. The van der Waals surface area contributed by atoms with Gasteiger partial charge in [0.05, 0.1) is 19.1 Å². The van der Waals surface area contributed by atoms with Gasteiger partial charge in [-0.15, -0.1) is 0 Å². The Labute approximate surface area is 174 Å². The van der Waals surface area contributed by atoms with Crippen LogP contribution in [0.4, 0.5) is 4.39 Å². The summed E-state index contributed by atoms with van der Waals surface area (Å²) in [5.41, 5.74) is 8.41. The molecule has 2 aromatic carbocycles. The SMILES string of the molecule is COc1ccc(S(=O)(=O)NC(N)=NCCc2c(C)[nH]c3ccc(F)cc23)cc1OC. The Morgan fingerprint density at radius 2 is 1.90 bits per heavy atom. The van der Waals surface area contributed by atoms with E-state index >= 15 is 0 Å². The predicted molar refractivity (Wildman–Crippen MR) is 113 cm³/mol. The van der Waals surface area contributed by atoms with Crippen molar-refractivity contribution < 1.29 is 22.3 Å². The monoisotopic (exact) mass is 434 g/mol. The second-order valence-electron chi connectivity index (χ2n) is 6.56. The van der Waals surface area contributed by atoms with E-state index in [-0.39, 0.29) is 29.0 Å². The Morgan fingerprint density at radius 1 is 1.17 bits per heavy atom. The zero-order valence-electron chi connectivity index (χ0n) is 16.8. The van der Waals surface area contributed by atoms with Crippen LogP contribution in [0.5, 0.6) is 11.5 Å². The molecule has 3 aromatic rings. The van der Waals surface area contributed by atoms with E-state index in [0.29, 0.717) is 12.2 Å². The smallest absolute Gasteiger partial charge is 0.264 e. The molecule has 0 amide bonds. The van der Waals surface area contributed by atoms with E-state index in [1.165, 1.54) is 44.6 Å². The summed E-state index contributed by atoms with van der Waals surface area (Å²) < 4.78 is 51.2. The minimum absolute atomic E-state index is 0.0405. The van der Waals surface area contributed by atoms with Gasteiger partial charge in [-0.05, 0) is 49.2 Å². The molecule has 8 nitrogen and oxygen atoms in total. The number of methoxy groups -OCH3 is 2. The number of ether oxygens (including phenoxy) is 2. The summed E-state index contributed by atoms with van der Waals surface area (Å²) in [6, 6.07) is 8.72. The summed E-state index contributed by atoms with van der Waals surface area (Å²) >= 11 is 0. The zero-order chi connectivity index (χ0) is 21.9. The lowest BCUT2D eigenvalue weighted by Crippen LogP contribution is -2.37. The van der Waals surface area contributed by atoms with Crippen molar-refractivity contribution in [3.05, 3.63) is 53.5 Å². The van der Waals surface area contributed by atoms with Crippen molar-refractivity contribution in [2.45, 2.75) is 18.2 Å². The molecule has 3 rings (SSSR count). The van der Waals surface area contributed by atoms with Gasteiger partial charge in [0.1, 0.15) is 5.82 Å². The molecule has 30 heavy (non-hydrogen) atoms. The Hall–Kier alpha value is -3.27. The third-order valence-corrected chi connectivity index (χ3v) is 5.98. The Kier molecular flexibility index (Phi) is 6.16. The molecule has 0 saturated heterocycles. The standard InChI is InChI=1S/C20H23FN4O4S/c1-12-15(16-10-13(21)4-6-17(16)24-12)8-9-23-20(22)25-30(26,27)14-5-7-18(28-2)19(11-14)29-3/h4-7,10-11,24H,8-9H2,1-3H3,(H3,22,23,25). The second-order valence-corrected chi connectivity index (χ2v) is 8.24. The summed E-state index contributed by atoms with van der Waals surface area (Å²) in [7, 11) is -1.08. The quantitative estimate of drug-likeness (QED) is 0.390. The molecule has 1 heterocycles. The molecule has 0 aliphatic carbocycles. The lowest BCUT2D eigenvalue weighted by atomic mass is 10.1. The zero-order valence-corrected chi connectivity index (χ0v) is 17.6. The topological polar surface area (TPSA) is 119 Å². The first-order valence-electron chi connectivity index (χ1n) is 9.06. The van der Waals surface area contributed by atoms with E-state index in [9.17, 15) is 12.8 Å². The number of hydrogen-bond donors (Lipinski definition) is 3. The van der Waals surface area contributed by atoms with E-state index in [0.717, 1.165) is 22.2 Å². The Bertz CT molecular complexity index is 1200. The number of benzene rings is 2. The van der Waals surface area contributed by atoms with Gasteiger partial charge in [0, 0.05) is 29.2 Å². The maximum atomic E-state index is 13.6. The van der Waals surface area contributed by atoms with Crippen LogP contribution in [0.3, 0.4) is 0 Å². The maximum absolute atomic E-state index is 13.6. The molecule has 0 unspecified atom stereocenters. The van der Waals surface area contributed by atoms with Gasteiger partial charge in [0.15, 0.2) is 11.5 Å². The lowest BCUT2D eigenvalue weighted by Gasteiger charge is -2.11. The summed E-state index contributed by atoms with van der Waals surface area (Å²) in [4.78, 5) is 7.25. The molecule has 0 saturated carbocycles. The van der Waals surface area contributed by atoms with Gasteiger partial charge in [0.25, 0.3) is 10.0 Å². The molecule has 160 valence electrons. The van der Waals surface area contributed by atoms with Gasteiger partial charge in [-0.2, -0.15) is 0 Å². The molecular weight excluding hydrogens is 411 g/mol. The number of guanidine groups is 1. The number of aliphatic imine (C=N–C) groups is 1. The van der Waals surface area contributed by atoms with Gasteiger partial charge < -0.3 is 20.2 Å². The number of nitrogens with zero attached hydrogens (tertiary/aromatic N) is 1. The average molecular weight is 434 g/mol. The van der Waals surface area contributed by atoms with Crippen molar-refractivity contribution in [2.75, 3.05) is 20.8 Å².